The van der Waals surface area contributed by atoms with Crippen LogP contribution in [0.3, 0.4) is 0 Å². The highest BCUT2D eigenvalue weighted by molar-refractivity contribution is 4.94. The van der Waals surface area contributed by atoms with E-state index in [-0.39, 0.29) is 0 Å². The fraction of sp³-hybridized carbons (Fsp3) is 0.786. The van der Waals surface area contributed by atoms with Crippen molar-refractivity contribution >= 4 is 0 Å². The molecular formula is C14H25N3O. The number of rotatable bonds is 4. The van der Waals surface area contributed by atoms with Crippen LogP contribution >= 0.6 is 0 Å². The fourth-order valence-electron chi connectivity index (χ4n) is 2.39. The van der Waals surface area contributed by atoms with Gasteiger partial charge in [0.25, 0.3) is 0 Å². The van der Waals surface area contributed by atoms with E-state index < -0.39 is 0 Å². The Morgan fingerprint density at radius 3 is 3.06 bits per heavy atom. The molecule has 0 spiro atoms. The second-order valence-electron chi connectivity index (χ2n) is 5.47. The molecule has 0 radical (unpaired) electrons. The summed E-state index contributed by atoms with van der Waals surface area (Å²) >= 11 is 0. The topological polar surface area (TPSA) is 41.3 Å². The zero-order valence-electron chi connectivity index (χ0n) is 11.8. The molecule has 2 rings (SSSR count). The molecule has 0 aliphatic carbocycles. The summed E-state index contributed by atoms with van der Waals surface area (Å²) in [5.74, 6) is 2.51. The smallest absolute Gasteiger partial charge is 0.208 e. The average Bonchev–Trinajstić information content (AvgIpc) is 2.66. The molecular weight excluding hydrogens is 226 g/mol. The van der Waals surface area contributed by atoms with E-state index in [9.17, 15) is 0 Å². The molecule has 1 atom stereocenters. The molecule has 2 heterocycles. The summed E-state index contributed by atoms with van der Waals surface area (Å²) in [5, 5.41) is 3.62. The van der Waals surface area contributed by atoms with Gasteiger partial charge in [-0.05, 0) is 25.4 Å². The van der Waals surface area contributed by atoms with Gasteiger partial charge in [-0.3, -0.25) is 4.90 Å². The molecule has 4 heteroatoms. The van der Waals surface area contributed by atoms with E-state index >= 15 is 0 Å². The van der Waals surface area contributed by atoms with Gasteiger partial charge in [0, 0.05) is 19.0 Å². The Morgan fingerprint density at radius 2 is 2.39 bits per heavy atom. The van der Waals surface area contributed by atoms with Crippen LogP contribution in [0.25, 0.3) is 0 Å². The van der Waals surface area contributed by atoms with Crippen LogP contribution in [0.15, 0.2) is 10.6 Å². The Morgan fingerprint density at radius 1 is 1.56 bits per heavy atom. The third-order valence-corrected chi connectivity index (χ3v) is 3.63. The SMILES string of the molecule is CCc1cnc(CN2CCCNC(C(C)C)C2)o1. The molecule has 1 aliphatic rings. The summed E-state index contributed by atoms with van der Waals surface area (Å²) in [6.45, 7) is 10.8. The van der Waals surface area contributed by atoms with Gasteiger partial charge in [-0.25, -0.2) is 4.98 Å². The summed E-state index contributed by atoms with van der Waals surface area (Å²) in [5.41, 5.74) is 0. The highest BCUT2D eigenvalue weighted by atomic mass is 16.4. The maximum absolute atomic E-state index is 5.70. The molecule has 1 fully saturated rings. The van der Waals surface area contributed by atoms with Crippen molar-refractivity contribution in [3.63, 3.8) is 0 Å². The standard InChI is InChI=1S/C14H25N3O/c1-4-12-8-16-14(18-12)10-17-7-5-6-15-13(9-17)11(2)3/h8,11,13,15H,4-7,9-10H2,1-3H3. The minimum absolute atomic E-state index is 0.577. The second kappa shape index (κ2) is 6.34. The van der Waals surface area contributed by atoms with Gasteiger partial charge in [-0.1, -0.05) is 20.8 Å². The highest BCUT2D eigenvalue weighted by Crippen LogP contribution is 2.12. The second-order valence-corrected chi connectivity index (χ2v) is 5.47. The molecule has 1 N–H and O–H groups in total. The van der Waals surface area contributed by atoms with Gasteiger partial charge in [0.15, 0.2) is 0 Å². The number of nitrogens with one attached hydrogen (secondary N) is 1. The van der Waals surface area contributed by atoms with E-state index in [1.807, 2.05) is 6.20 Å². The first-order chi connectivity index (χ1) is 8.69. The lowest BCUT2D eigenvalue weighted by molar-refractivity contribution is 0.216. The van der Waals surface area contributed by atoms with Crippen molar-refractivity contribution in [3.8, 4) is 0 Å². The Bertz CT molecular complexity index is 362. The van der Waals surface area contributed by atoms with Gasteiger partial charge < -0.3 is 9.73 Å². The van der Waals surface area contributed by atoms with Gasteiger partial charge in [-0.15, -0.1) is 0 Å². The molecule has 0 aromatic carbocycles. The van der Waals surface area contributed by atoms with Crippen molar-refractivity contribution < 1.29 is 4.42 Å². The minimum atomic E-state index is 0.577. The normalized spacial score (nSPS) is 22.3. The zero-order valence-corrected chi connectivity index (χ0v) is 11.8. The van der Waals surface area contributed by atoms with Crippen molar-refractivity contribution in [2.24, 2.45) is 5.92 Å². The lowest BCUT2D eigenvalue weighted by Gasteiger charge is -2.25. The van der Waals surface area contributed by atoms with Gasteiger partial charge in [0.2, 0.25) is 5.89 Å². The van der Waals surface area contributed by atoms with Crippen LogP contribution in [-0.2, 0) is 13.0 Å². The first-order valence-corrected chi connectivity index (χ1v) is 7.08. The van der Waals surface area contributed by atoms with Crippen LogP contribution < -0.4 is 5.32 Å². The Balaban J connectivity index is 1.94. The van der Waals surface area contributed by atoms with Crippen LogP contribution in [-0.4, -0.2) is 35.6 Å². The van der Waals surface area contributed by atoms with Crippen LogP contribution in [0, 0.1) is 5.92 Å². The highest BCUT2D eigenvalue weighted by Gasteiger charge is 2.21. The van der Waals surface area contributed by atoms with Gasteiger partial charge in [0.1, 0.15) is 5.76 Å². The Labute approximate surface area is 110 Å². The molecule has 4 nitrogen and oxygen atoms in total. The predicted molar refractivity (Wildman–Crippen MR) is 72.4 cm³/mol. The minimum Gasteiger partial charge on any atom is -0.444 e. The largest absolute Gasteiger partial charge is 0.444 e. The maximum Gasteiger partial charge on any atom is 0.208 e. The molecule has 0 bridgehead atoms. The van der Waals surface area contributed by atoms with Crippen LogP contribution in [0.1, 0.15) is 38.8 Å². The number of hydrogen-bond acceptors (Lipinski definition) is 4. The number of aryl methyl sites for hydroxylation is 1. The van der Waals surface area contributed by atoms with E-state index in [1.165, 1.54) is 6.42 Å². The molecule has 1 aromatic heterocycles. The third-order valence-electron chi connectivity index (χ3n) is 3.63. The summed E-state index contributed by atoms with van der Waals surface area (Å²) in [6, 6.07) is 0.577. The number of oxazole rings is 1. The number of aromatic nitrogens is 1. The number of nitrogens with zero attached hydrogens (tertiary/aromatic N) is 2. The lowest BCUT2D eigenvalue weighted by atomic mass is 10.0. The monoisotopic (exact) mass is 251 g/mol. The molecule has 0 saturated carbocycles. The van der Waals surface area contributed by atoms with E-state index in [4.69, 9.17) is 4.42 Å². The predicted octanol–water partition coefficient (Wildman–Crippen LogP) is 2.06. The van der Waals surface area contributed by atoms with Crippen molar-refractivity contribution in [1.29, 1.82) is 0 Å². The zero-order chi connectivity index (χ0) is 13.0. The maximum atomic E-state index is 5.70. The number of hydrogen-bond donors (Lipinski definition) is 1. The van der Waals surface area contributed by atoms with Gasteiger partial charge in [0.05, 0.1) is 12.7 Å². The fourth-order valence-corrected chi connectivity index (χ4v) is 2.39. The van der Waals surface area contributed by atoms with E-state index in [0.717, 1.165) is 44.3 Å². The van der Waals surface area contributed by atoms with Crippen LogP contribution in [0.4, 0.5) is 0 Å². The van der Waals surface area contributed by atoms with Crippen molar-refractivity contribution in [3.05, 3.63) is 17.8 Å². The van der Waals surface area contributed by atoms with Crippen LogP contribution in [0.5, 0.6) is 0 Å². The first-order valence-electron chi connectivity index (χ1n) is 7.08. The first kappa shape index (κ1) is 13.6. The molecule has 102 valence electrons. The Kier molecular flexibility index (Phi) is 4.78. The van der Waals surface area contributed by atoms with Crippen molar-refractivity contribution in [1.82, 2.24) is 15.2 Å². The van der Waals surface area contributed by atoms with Crippen molar-refractivity contribution in [2.75, 3.05) is 19.6 Å². The Hall–Kier alpha value is -0.870. The summed E-state index contributed by atoms with van der Waals surface area (Å²) in [7, 11) is 0. The summed E-state index contributed by atoms with van der Waals surface area (Å²) in [6.07, 6.45) is 3.97. The summed E-state index contributed by atoms with van der Waals surface area (Å²) < 4.78 is 5.70. The van der Waals surface area contributed by atoms with Crippen molar-refractivity contribution in [2.45, 2.75) is 46.2 Å². The molecule has 1 aliphatic heterocycles. The van der Waals surface area contributed by atoms with Gasteiger partial charge >= 0.3 is 0 Å². The molecule has 18 heavy (non-hydrogen) atoms. The molecule has 0 amide bonds. The quantitative estimate of drug-likeness (QED) is 0.889. The molecule has 1 unspecified atom stereocenters. The third kappa shape index (κ3) is 3.56. The lowest BCUT2D eigenvalue weighted by Crippen LogP contribution is -2.41. The average molecular weight is 251 g/mol. The van der Waals surface area contributed by atoms with Gasteiger partial charge in [-0.2, -0.15) is 0 Å². The summed E-state index contributed by atoms with van der Waals surface area (Å²) in [4.78, 5) is 6.81. The van der Waals surface area contributed by atoms with E-state index in [1.54, 1.807) is 0 Å². The van der Waals surface area contributed by atoms with Crippen LogP contribution in [0.2, 0.25) is 0 Å². The molecule has 1 saturated heterocycles. The van der Waals surface area contributed by atoms with E-state index in [2.05, 4.69) is 36.0 Å². The van der Waals surface area contributed by atoms with E-state index in [0.29, 0.717) is 12.0 Å². The molecule has 1 aromatic rings.